The Morgan fingerprint density at radius 1 is 0.443 bits per heavy atom. The summed E-state index contributed by atoms with van der Waals surface area (Å²) in [6, 6.07) is 44.4. The van der Waals surface area contributed by atoms with Gasteiger partial charge >= 0.3 is 47.8 Å². The van der Waals surface area contributed by atoms with Crippen LogP contribution in [0.2, 0.25) is 0 Å². The monoisotopic (exact) mass is 2090 g/mol. The van der Waals surface area contributed by atoms with Crippen molar-refractivity contribution in [2.45, 2.75) is 303 Å². The zero-order chi connectivity index (χ0) is 110. The molecule has 810 valence electrons. The second-order valence-electron chi connectivity index (χ2n) is 45.1. The van der Waals surface area contributed by atoms with Gasteiger partial charge in [-0.1, -0.05) is 205 Å². The molecule has 1 amide bonds. The molecule has 6 saturated carbocycles. The molecule has 5 aromatic rings. The molecule has 149 heavy (non-hydrogen) atoms. The molecular weight excluding hydrogens is 1940 g/mol. The number of β-lactam (4-membered cyclic amide) rings is 1. The van der Waals surface area contributed by atoms with Crippen molar-refractivity contribution in [2.75, 3.05) is 39.9 Å². The second-order valence-corrected chi connectivity index (χ2v) is 45.1. The molecule has 10 fully saturated rings. The van der Waals surface area contributed by atoms with Gasteiger partial charge in [0.1, 0.15) is 83.5 Å². The van der Waals surface area contributed by atoms with Gasteiger partial charge in [-0.25, -0.2) is 24.0 Å². The van der Waals surface area contributed by atoms with Crippen LogP contribution in [-0.2, 0) is 90.5 Å². The van der Waals surface area contributed by atoms with Gasteiger partial charge in [-0.15, -0.1) is 11.6 Å². The van der Waals surface area contributed by atoms with Crippen LogP contribution in [0.5, 0.6) is 0 Å². The molecule has 13 aliphatic rings. The van der Waals surface area contributed by atoms with Gasteiger partial charge in [-0.3, -0.25) is 33.6 Å². The minimum absolute atomic E-state index is 0.0199. The molecule has 10 N–H and O–H groups in total. The number of hydrogen-bond donors (Lipinski definition) is 10. The van der Waals surface area contributed by atoms with Crippen molar-refractivity contribution in [3.8, 4) is 0 Å². The van der Waals surface area contributed by atoms with Gasteiger partial charge in [0.2, 0.25) is 5.91 Å². The van der Waals surface area contributed by atoms with Gasteiger partial charge in [-0.2, -0.15) is 0 Å². The van der Waals surface area contributed by atoms with Crippen LogP contribution in [0.25, 0.3) is 0 Å². The lowest BCUT2D eigenvalue weighted by atomic mass is 9.42. The van der Waals surface area contributed by atoms with E-state index in [2.05, 4.69) is 23.7 Å². The van der Waals surface area contributed by atoms with E-state index in [4.69, 9.17) is 62.4 Å². The van der Waals surface area contributed by atoms with E-state index in [1.54, 1.807) is 203 Å². The number of likely N-dealkylation sites (tertiary alicyclic amines) is 1. The number of amides is 1. The van der Waals surface area contributed by atoms with Crippen LogP contribution >= 0.6 is 11.6 Å². The number of carbonyl (C=O) groups excluding carboxylic acids is 11. The first-order valence-corrected chi connectivity index (χ1v) is 51.7. The van der Waals surface area contributed by atoms with Crippen molar-refractivity contribution in [1.29, 1.82) is 0 Å². The molecule has 18 rings (SSSR count). The van der Waals surface area contributed by atoms with Crippen molar-refractivity contribution < 1.29 is 156 Å². The van der Waals surface area contributed by atoms with Crippen molar-refractivity contribution in [3.05, 3.63) is 213 Å². The smallest absolute Gasteiger partial charge is 0.338 e. The van der Waals surface area contributed by atoms with Gasteiger partial charge in [-0.05, 0) is 128 Å². The number of ether oxygens (including phenoxy) is 10. The summed E-state index contributed by atoms with van der Waals surface area (Å²) in [5, 5.41) is 111. The minimum Gasteiger partial charge on any atom is -0.480 e. The average Bonchev–Trinajstić information content (AvgIpc) is 0.679. The van der Waals surface area contributed by atoms with Gasteiger partial charge < -0.3 is 103 Å². The maximum Gasteiger partial charge on any atom is 0.338 e. The highest BCUT2D eigenvalue weighted by molar-refractivity contribution is 6.15. The standard InChI is InChI=1S/C40H48O11.C31H40O8.C30H38O9.C11H13NO.C2H4O3.CH3Cl/c1-21(25-14-10-8-11-15-25)31(43)36(46)49-27-19-40(47)34(50-35(45)26-16-12-9-13-17-26)32-38(7,33(44)23(3)30(22(27)2)37(40,5)6)28(42)18-29-39(32,20-48-29)51-24(4)41;1-16-13-22-30(15-37-22,39-19(4)32)24-26(38-27(35)20-11-9-8-10-12-20)31(36)14-21(33)17(2)23(28(31,5)6)18(3)25(34)29(16,24)7;1-15-19(32)13-30(36)25(38-26(35)18-10-8-7-9-11-18)23-28(6,24(34)16(2)22(15)27(30,4)5)20(33)12-21-29(23,14-37-21)39-17(3)31;1-8-10(12(2)11(8)13)9-6-4-3-5-7-9;3-1-2(4)5;1-2/h8-17,21,23,27-29,31-32,34,42-43,47H,18-20H2,1-7H3;8-12,16,18,21-22,24,26,33,36H,13-15H2,1-7H3;7-11,16,19-21,23,25,32-33,36H,12-14H2,1-6H3;3-8,10H,1-2H3;3H,1H2,(H,4,5);1H3/t21-,23+,27-,28-,29+,31+,32-,34?,38+,39-,40+;16-,18+,21-,22+,24-,26-,29+,30-,31+;16-,19+,20+,21-,23+,25+,28-,29+,30-;8-,10-;;/m0011../s1. The topological polar surface area (TPSA) is 503 Å². The number of esters is 7. The number of halogens is 1. The molecule has 4 aliphatic heterocycles. The summed E-state index contributed by atoms with van der Waals surface area (Å²) in [6.07, 6.45) is -12.6. The van der Waals surface area contributed by atoms with Gasteiger partial charge in [0, 0.05) is 112 Å². The van der Waals surface area contributed by atoms with Crippen molar-refractivity contribution in [1.82, 2.24) is 4.90 Å². The van der Waals surface area contributed by atoms with Crippen LogP contribution in [0.3, 0.4) is 0 Å². The molecule has 0 radical (unpaired) electrons. The predicted molar refractivity (Wildman–Crippen MR) is 540 cm³/mol. The fourth-order valence-corrected chi connectivity index (χ4v) is 28.2. The van der Waals surface area contributed by atoms with Crippen LogP contribution in [0.1, 0.15) is 238 Å². The lowest BCUT2D eigenvalue weighted by Gasteiger charge is -2.68. The number of aliphatic carboxylic acids is 1. The molecular formula is C115H146ClNO32. The Hall–Kier alpha value is -10.6. The van der Waals surface area contributed by atoms with E-state index in [0.29, 0.717) is 39.9 Å². The fraction of sp³-hybridized carbons (Fsp3) is 0.583. The number of rotatable bonds is 15. The normalized spacial score (nSPS) is 37.6. The Kier molecular flexibility index (Phi) is 33.2. The van der Waals surface area contributed by atoms with E-state index in [9.17, 15) is 88.8 Å². The van der Waals surface area contributed by atoms with Gasteiger partial charge in [0.25, 0.3) is 0 Å². The van der Waals surface area contributed by atoms with Crippen molar-refractivity contribution >= 4 is 82.6 Å². The molecule has 0 aromatic heterocycles. The van der Waals surface area contributed by atoms with E-state index in [-0.39, 0.29) is 104 Å². The summed E-state index contributed by atoms with van der Waals surface area (Å²) in [6.45, 7) is 34.7. The summed E-state index contributed by atoms with van der Waals surface area (Å²) in [7, 11) is 1.86. The van der Waals surface area contributed by atoms with Crippen LogP contribution in [0, 0.1) is 79.8 Å². The maximum absolute atomic E-state index is 15.0. The number of fused-ring (bicyclic) bond motifs is 15. The van der Waals surface area contributed by atoms with E-state index >= 15 is 4.79 Å². The molecule has 9 aliphatic carbocycles. The van der Waals surface area contributed by atoms with Crippen LogP contribution < -0.4 is 0 Å². The van der Waals surface area contributed by atoms with Gasteiger partial charge in [0.05, 0.1) is 101 Å². The third-order valence-electron chi connectivity index (χ3n) is 36.4. The average molecular weight is 2090 g/mol. The fourth-order valence-electron chi connectivity index (χ4n) is 28.2. The number of Topliss-reactive ketones (excluding diaryl/α,β-unsaturated/α-hetero) is 3. The zero-order valence-corrected chi connectivity index (χ0v) is 89.7. The summed E-state index contributed by atoms with van der Waals surface area (Å²) < 4.78 is 60.6. The number of carboxylic acid groups (broad SMARTS) is 1. The SMILES string of the molecule is CC(=O)O[C@@]12CO[C@@H]1C[C@H](C)[C@@]1(C)C(=O)[C@H](C)C3=C(C)[C@@H](O)C[C@@](O)([C@@H](OC(=O)c4ccccc4)[C@H]21)C3(C)C.CC(=O)O[C@@]12CO[C@@H]1C[C@H](O)[C@@]1(C)C(=O)[C@H](C)C3=C(C)[C@@H](O)C[C@@](O)([C@@H](OC(=O)c4ccccc4)[C@H]21)C3(C)C.CC(=O)O[C@@]12CO[C@@H]1C[C@H](O)[C@@]1(C)C(=O)[C@H](C)C3=C(C)[C@@H](OC(=O)[C@H](O)[C@@H](C)c4ccccc4)C[C@@](O)(C(OC(=O)c4ccccc4)[C@H]21)C3(C)C.CCl.C[C@H]1C(=O)N(C)[C@H]1c1ccccc1.O=C(O)CO. The first-order chi connectivity index (χ1) is 69.6. The summed E-state index contributed by atoms with van der Waals surface area (Å²) in [4.78, 5) is 159. The minimum atomic E-state index is -2.08. The Morgan fingerprint density at radius 2 is 0.738 bits per heavy atom. The highest BCUT2D eigenvalue weighted by Gasteiger charge is 2.82. The molecule has 1 unspecified atom stereocenters. The highest BCUT2D eigenvalue weighted by Crippen LogP contribution is 2.70. The number of alkyl halides is 1. The second kappa shape index (κ2) is 42.8. The van der Waals surface area contributed by atoms with Crippen molar-refractivity contribution in [3.63, 3.8) is 0 Å². The summed E-state index contributed by atoms with van der Waals surface area (Å²) in [5.74, 6) is -13.2. The quantitative estimate of drug-likeness (QED) is 0.0153. The molecule has 6 bridgehead atoms. The number of ketones is 3. The summed E-state index contributed by atoms with van der Waals surface area (Å²) in [5.41, 5.74) is -11.9. The molecule has 0 spiro atoms. The summed E-state index contributed by atoms with van der Waals surface area (Å²) >= 11 is 4.64. The molecule has 5 aromatic carbocycles. The van der Waals surface area contributed by atoms with Crippen LogP contribution in [-0.4, -0.2) is 274 Å². The number of aliphatic hydroxyl groups excluding tert-OH is 6. The number of aliphatic hydroxyl groups is 9. The van der Waals surface area contributed by atoms with Crippen molar-refractivity contribution in [2.24, 2.45) is 79.8 Å². The Labute approximate surface area is 874 Å². The predicted octanol–water partition coefficient (Wildman–Crippen LogP) is 11.8. The first kappa shape index (κ1) is 115. The van der Waals surface area contributed by atoms with Crippen LogP contribution in [0.4, 0.5) is 0 Å². The molecule has 34 heteroatoms. The maximum atomic E-state index is 15.0. The number of benzene rings is 5. The molecule has 4 heterocycles. The molecule has 31 atom stereocenters. The van der Waals surface area contributed by atoms with Crippen LogP contribution in [0.15, 0.2) is 185 Å². The highest BCUT2D eigenvalue weighted by atomic mass is 35.5. The molecule has 4 saturated heterocycles. The Morgan fingerprint density at radius 3 is 1.05 bits per heavy atom. The lowest BCUT2D eigenvalue weighted by molar-refractivity contribution is -0.345. The number of nitrogens with zero attached hydrogens (tertiary/aromatic N) is 1. The largest absolute Gasteiger partial charge is 0.480 e. The number of carboxylic acids is 1. The third kappa shape index (κ3) is 19.0. The van der Waals surface area contributed by atoms with E-state index in [1.165, 1.54) is 32.7 Å². The third-order valence-corrected chi connectivity index (χ3v) is 36.4. The molecule has 33 nitrogen and oxygen atoms in total. The Bertz CT molecular complexity index is 5810. The number of hydrogen-bond acceptors (Lipinski definition) is 31. The lowest BCUT2D eigenvalue weighted by Crippen LogP contribution is -2.81. The zero-order valence-electron chi connectivity index (χ0n) is 89.0. The van der Waals surface area contributed by atoms with Gasteiger partial charge in [0.15, 0.2) is 22.9 Å². The van der Waals surface area contributed by atoms with E-state index in [0.717, 1.165) is 5.56 Å². The first-order valence-electron chi connectivity index (χ1n) is 51.0. The van der Waals surface area contributed by atoms with E-state index < -0.39 is 241 Å². The number of carbonyl (C=O) groups is 12. The Balaban J connectivity index is 0.000000171. The van der Waals surface area contributed by atoms with E-state index in [1.807, 2.05) is 72.9 Å².